The molecule has 3 aliphatic rings. The first kappa shape index (κ1) is 17.3. The number of benzene rings is 1. The molecule has 1 aromatic heterocycles. The van der Waals surface area contributed by atoms with E-state index < -0.39 is 0 Å². The lowest BCUT2D eigenvalue weighted by Crippen LogP contribution is -2.30. The molecule has 28 heavy (non-hydrogen) atoms. The summed E-state index contributed by atoms with van der Waals surface area (Å²) in [4.78, 5) is 31.0. The first-order chi connectivity index (χ1) is 13.7. The zero-order valence-corrected chi connectivity index (χ0v) is 16.3. The normalized spacial score (nSPS) is 16.8. The van der Waals surface area contributed by atoms with Crippen LogP contribution in [0.5, 0.6) is 0 Å². The highest BCUT2D eigenvalue weighted by Gasteiger charge is 2.34. The second kappa shape index (κ2) is 6.99. The van der Waals surface area contributed by atoms with Crippen molar-refractivity contribution in [1.82, 2.24) is 9.88 Å². The van der Waals surface area contributed by atoms with Gasteiger partial charge in [-0.25, -0.2) is 4.98 Å². The molecule has 1 aliphatic heterocycles. The summed E-state index contributed by atoms with van der Waals surface area (Å²) in [6.45, 7) is 0.493. The Kier molecular flexibility index (Phi) is 4.32. The minimum atomic E-state index is -0.157. The lowest BCUT2D eigenvalue weighted by Gasteiger charge is -2.13. The number of hydrogen-bond acceptors (Lipinski definition) is 4. The van der Waals surface area contributed by atoms with Gasteiger partial charge in [-0.15, -0.1) is 11.3 Å². The van der Waals surface area contributed by atoms with Crippen molar-refractivity contribution < 1.29 is 9.59 Å². The molecule has 0 spiro atoms. The number of carbonyl (C=O) groups excluding carboxylic acids is 2. The van der Waals surface area contributed by atoms with Crippen LogP contribution >= 0.6 is 11.3 Å². The zero-order chi connectivity index (χ0) is 19.1. The summed E-state index contributed by atoms with van der Waals surface area (Å²) in [6, 6.07) is 7.07. The molecule has 0 N–H and O–H groups in total. The summed E-state index contributed by atoms with van der Waals surface area (Å²) in [5.41, 5.74) is 3.73. The van der Waals surface area contributed by atoms with Gasteiger partial charge in [-0.2, -0.15) is 0 Å². The van der Waals surface area contributed by atoms with Gasteiger partial charge >= 0.3 is 0 Å². The number of rotatable bonds is 6. The second-order valence-corrected chi connectivity index (χ2v) is 8.43. The van der Waals surface area contributed by atoms with Gasteiger partial charge in [0.2, 0.25) is 0 Å². The molecule has 0 radical (unpaired) electrons. The number of hydrogen-bond donors (Lipinski definition) is 0. The molecule has 140 valence electrons. The average molecular weight is 388 g/mol. The van der Waals surface area contributed by atoms with E-state index in [1.807, 2.05) is 0 Å². The number of aryl methyl sites for hydroxylation is 1. The Labute approximate surface area is 167 Å². The highest BCUT2D eigenvalue weighted by atomic mass is 32.1. The Morgan fingerprint density at radius 1 is 1.04 bits per heavy atom. The molecular formula is C23H20N2O2S. The molecule has 0 atom stereocenters. The van der Waals surface area contributed by atoms with Gasteiger partial charge in [0, 0.05) is 6.54 Å². The Morgan fingerprint density at radius 2 is 1.82 bits per heavy atom. The number of imide groups is 1. The fraction of sp³-hybridized carbons (Fsp3) is 0.261. The van der Waals surface area contributed by atoms with Gasteiger partial charge in [0.05, 0.1) is 26.0 Å². The van der Waals surface area contributed by atoms with Crippen LogP contribution in [0.25, 0.3) is 11.6 Å². The SMILES string of the molecule is O=C1c2ccccc2C(=O)N1CCCCCc1nc2c(s1)=CC1=CC=CCC=21. The van der Waals surface area contributed by atoms with Crippen molar-refractivity contribution in [2.24, 2.45) is 0 Å². The quantitative estimate of drug-likeness (QED) is 0.565. The van der Waals surface area contributed by atoms with Crippen molar-refractivity contribution in [2.75, 3.05) is 6.54 Å². The highest BCUT2D eigenvalue weighted by molar-refractivity contribution is 7.09. The topological polar surface area (TPSA) is 50.3 Å². The maximum Gasteiger partial charge on any atom is 0.261 e. The summed E-state index contributed by atoms with van der Waals surface area (Å²) < 4.78 is 1.28. The summed E-state index contributed by atoms with van der Waals surface area (Å²) in [5.74, 6) is -0.315. The van der Waals surface area contributed by atoms with Crippen LogP contribution in [0.1, 0.15) is 51.4 Å². The zero-order valence-electron chi connectivity index (χ0n) is 15.5. The number of fused-ring (bicyclic) bond motifs is 3. The molecule has 0 fully saturated rings. The summed E-state index contributed by atoms with van der Waals surface area (Å²) in [7, 11) is 0. The van der Waals surface area contributed by atoms with E-state index >= 15 is 0 Å². The molecule has 5 heteroatoms. The van der Waals surface area contributed by atoms with Crippen molar-refractivity contribution in [3.63, 3.8) is 0 Å². The number of carbonyl (C=O) groups is 2. The van der Waals surface area contributed by atoms with Crippen LogP contribution in [0, 0.1) is 0 Å². The van der Waals surface area contributed by atoms with E-state index in [0.29, 0.717) is 17.7 Å². The maximum absolute atomic E-state index is 12.4. The molecule has 0 saturated heterocycles. The van der Waals surface area contributed by atoms with Gasteiger partial charge in [0.25, 0.3) is 11.8 Å². The molecule has 2 heterocycles. The van der Waals surface area contributed by atoms with Crippen molar-refractivity contribution in [3.8, 4) is 0 Å². The van der Waals surface area contributed by atoms with Crippen molar-refractivity contribution in [3.05, 3.63) is 74.1 Å². The van der Waals surface area contributed by atoms with E-state index in [1.54, 1.807) is 35.6 Å². The number of aromatic nitrogens is 1. The van der Waals surface area contributed by atoms with Crippen LogP contribution in [0.2, 0.25) is 0 Å². The van der Waals surface area contributed by atoms with Crippen LogP contribution in [0.3, 0.4) is 0 Å². The lowest BCUT2D eigenvalue weighted by molar-refractivity contribution is 0.0651. The molecule has 2 aliphatic carbocycles. The first-order valence-corrected chi connectivity index (χ1v) is 10.6. The van der Waals surface area contributed by atoms with Crippen molar-refractivity contribution >= 4 is 34.8 Å². The van der Waals surface area contributed by atoms with Crippen molar-refractivity contribution in [2.45, 2.75) is 32.1 Å². The largest absolute Gasteiger partial charge is 0.274 e. The van der Waals surface area contributed by atoms with E-state index in [2.05, 4.69) is 24.3 Å². The Morgan fingerprint density at radius 3 is 2.61 bits per heavy atom. The molecule has 1 aromatic carbocycles. The third-order valence-electron chi connectivity index (χ3n) is 5.50. The van der Waals surface area contributed by atoms with Crippen LogP contribution in [-0.4, -0.2) is 28.2 Å². The smallest absolute Gasteiger partial charge is 0.261 e. The van der Waals surface area contributed by atoms with Gasteiger partial charge in [-0.3, -0.25) is 14.5 Å². The standard InChI is InChI=1S/C23H20N2O2S/c26-22-17-10-5-6-11-18(17)23(27)25(22)13-7-1-2-12-20-24-21-16-9-4-3-8-15(16)14-19(21)28-20/h3-6,8,10-11,14H,1-2,7,9,12-13H2. The number of amides is 2. The average Bonchev–Trinajstić information content (AvgIpc) is 3.33. The third kappa shape index (κ3) is 2.87. The van der Waals surface area contributed by atoms with Gasteiger partial charge in [0.1, 0.15) is 0 Å². The molecule has 4 nitrogen and oxygen atoms in total. The molecule has 2 amide bonds. The van der Waals surface area contributed by atoms with Crippen LogP contribution in [0.4, 0.5) is 0 Å². The maximum atomic E-state index is 12.4. The predicted molar refractivity (Wildman–Crippen MR) is 110 cm³/mol. The third-order valence-corrected chi connectivity index (χ3v) is 6.57. The minimum absolute atomic E-state index is 0.157. The molecule has 0 saturated carbocycles. The minimum Gasteiger partial charge on any atom is -0.274 e. The monoisotopic (exact) mass is 388 g/mol. The second-order valence-electron chi connectivity index (χ2n) is 7.32. The number of allylic oxidation sites excluding steroid dienone is 4. The fourth-order valence-corrected chi connectivity index (χ4v) is 5.14. The Hall–Kier alpha value is -2.79. The Bertz CT molecular complexity index is 1130. The van der Waals surface area contributed by atoms with Crippen LogP contribution in [-0.2, 0) is 6.42 Å². The van der Waals surface area contributed by atoms with Gasteiger partial charge in [-0.1, -0.05) is 36.8 Å². The van der Waals surface area contributed by atoms with E-state index in [4.69, 9.17) is 4.98 Å². The molecule has 0 bridgehead atoms. The van der Waals surface area contributed by atoms with E-state index in [9.17, 15) is 9.59 Å². The fourth-order valence-electron chi connectivity index (χ4n) is 4.05. The van der Waals surface area contributed by atoms with E-state index in [0.717, 1.165) is 32.1 Å². The molecule has 5 rings (SSSR count). The summed E-state index contributed by atoms with van der Waals surface area (Å²) in [6.07, 6.45) is 13.5. The number of unbranched alkanes of at least 4 members (excludes halogenated alkanes) is 2. The first-order valence-electron chi connectivity index (χ1n) is 9.75. The number of nitrogens with zero attached hydrogens (tertiary/aromatic N) is 2. The highest BCUT2D eigenvalue weighted by Crippen LogP contribution is 2.24. The van der Waals surface area contributed by atoms with Gasteiger partial charge < -0.3 is 0 Å². The lowest BCUT2D eigenvalue weighted by atomic mass is 10.0. The molecule has 2 aromatic rings. The van der Waals surface area contributed by atoms with Crippen LogP contribution in [0.15, 0.2) is 48.1 Å². The molecular weight excluding hydrogens is 368 g/mol. The summed E-state index contributed by atoms with van der Waals surface area (Å²) >= 11 is 1.79. The van der Waals surface area contributed by atoms with Gasteiger partial charge in [0.15, 0.2) is 0 Å². The Balaban J connectivity index is 1.15. The van der Waals surface area contributed by atoms with Crippen molar-refractivity contribution in [1.29, 1.82) is 0 Å². The van der Waals surface area contributed by atoms with Gasteiger partial charge in [-0.05, 0) is 55.0 Å². The number of thiazole rings is 1. The van der Waals surface area contributed by atoms with Crippen LogP contribution < -0.4 is 9.88 Å². The van der Waals surface area contributed by atoms with E-state index in [-0.39, 0.29) is 11.8 Å². The molecule has 0 unspecified atom stereocenters. The predicted octanol–water partition coefficient (Wildman–Crippen LogP) is 2.98. The summed E-state index contributed by atoms with van der Waals surface area (Å²) in [5, 5.41) is 2.35. The van der Waals surface area contributed by atoms with E-state index in [1.165, 1.54) is 30.9 Å².